The Hall–Kier alpha value is -2.70. The molecule has 0 aliphatic heterocycles. The van der Waals surface area contributed by atoms with Gasteiger partial charge in [0.2, 0.25) is 0 Å². The molecule has 2 aromatic rings. The molecule has 0 unspecified atom stereocenters. The SMILES string of the molecule is Cn1nccc1C(=O)N[C@@H](CC(=O)O)c1ccc(F)cc1. The Morgan fingerprint density at radius 2 is 2.00 bits per heavy atom. The van der Waals surface area contributed by atoms with Crippen molar-refractivity contribution < 1.29 is 19.1 Å². The molecule has 6 nitrogen and oxygen atoms in total. The van der Waals surface area contributed by atoms with E-state index in [9.17, 15) is 14.0 Å². The lowest BCUT2D eigenvalue weighted by molar-refractivity contribution is -0.137. The van der Waals surface area contributed by atoms with E-state index in [4.69, 9.17) is 5.11 Å². The van der Waals surface area contributed by atoms with Gasteiger partial charge in [-0.15, -0.1) is 0 Å². The van der Waals surface area contributed by atoms with Crippen LogP contribution >= 0.6 is 0 Å². The van der Waals surface area contributed by atoms with E-state index < -0.39 is 23.7 Å². The van der Waals surface area contributed by atoms with E-state index in [0.717, 1.165) is 0 Å². The summed E-state index contributed by atoms with van der Waals surface area (Å²) in [6, 6.07) is 6.13. The number of rotatable bonds is 5. The van der Waals surface area contributed by atoms with Crippen LogP contribution in [0.3, 0.4) is 0 Å². The number of benzene rings is 1. The number of nitrogens with one attached hydrogen (secondary N) is 1. The highest BCUT2D eigenvalue weighted by Gasteiger charge is 2.20. The van der Waals surface area contributed by atoms with Crippen LogP contribution in [0.15, 0.2) is 36.5 Å². The number of aliphatic carboxylic acids is 1. The van der Waals surface area contributed by atoms with Crippen LogP contribution in [-0.2, 0) is 11.8 Å². The molecule has 0 radical (unpaired) electrons. The Morgan fingerprint density at radius 3 is 2.52 bits per heavy atom. The van der Waals surface area contributed by atoms with Crippen LogP contribution in [0.1, 0.15) is 28.5 Å². The molecule has 110 valence electrons. The number of carbonyl (C=O) groups excluding carboxylic acids is 1. The average molecular weight is 291 g/mol. The van der Waals surface area contributed by atoms with Gasteiger partial charge in [0.1, 0.15) is 11.5 Å². The van der Waals surface area contributed by atoms with Gasteiger partial charge in [-0.3, -0.25) is 14.3 Å². The number of hydrogen-bond acceptors (Lipinski definition) is 3. The highest BCUT2D eigenvalue weighted by Crippen LogP contribution is 2.18. The second-order valence-electron chi connectivity index (χ2n) is 4.52. The van der Waals surface area contributed by atoms with Crippen molar-refractivity contribution in [1.29, 1.82) is 0 Å². The van der Waals surface area contributed by atoms with Gasteiger partial charge >= 0.3 is 5.97 Å². The van der Waals surface area contributed by atoms with Crippen molar-refractivity contribution in [2.45, 2.75) is 12.5 Å². The van der Waals surface area contributed by atoms with Crippen molar-refractivity contribution >= 4 is 11.9 Å². The molecule has 2 N–H and O–H groups in total. The number of aromatic nitrogens is 2. The van der Waals surface area contributed by atoms with Gasteiger partial charge < -0.3 is 10.4 Å². The number of carboxylic acids is 1. The van der Waals surface area contributed by atoms with E-state index in [1.54, 1.807) is 7.05 Å². The predicted molar refractivity (Wildman–Crippen MR) is 72.1 cm³/mol. The average Bonchev–Trinajstić information content (AvgIpc) is 2.84. The molecule has 0 fully saturated rings. The first-order valence-electron chi connectivity index (χ1n) is 6.23. The molecule has 0 saturated heterocycles. The molecular formula is C14H14FN3O3. The third-order valence-corrected chi connectivity index (χ3v) is 3.01. The van der Waals surface area contributed by atoms with Gasteiger partial charge in [0.15, 0.2) is 0 Å². The zero-order valence-corrected chi connectivity index (χ0v) is 11.3. The van der Waals surface area contributed by atoms with Gasteiger partial charge in [-0.25, -0.2) is 4.39 Å². The summed E-state index contributed by atoms with van der Waals surface area (Å²) < 4.78 is 14.3. The summed E-state index contributed by atoms with van der Waals surface area (Å²) in [7, 11) is 1.61. The van der Waals surface area contributed by atoms with E-state index in [2.05, 4.69) is 10.4 Å². The maximum atomic E-state index is 12.9. The Balaban J connectivity index is 2.20. The Labute approximate surface area is 120 Å². The van der Waals surface area contributed by atoms with Crippen molar-refractivity contribution in [3.05, 3.63) is 53.6 Å². The van der Waals surface area contributed by atoms with E-state index in [0.29, 0.717) is 11.3 Å². The number of halogens is 1. The molecule has 1 heterocycles. The van der Waals surface area contributed by atoms with Crippen LogP contribution in [0.25, 0.3) is 0 Å². The van der Waals surface area contributed by atoms with Gasteiger partial charge in [-0.1, -0.05) is 12.1 Å². The molecule has 21 heavy (non-hydrogen) atoms. The summed E-state index contributed by atoms with van der Waals surface area (Å²) in [5, 5.41) is 15.5. The first-order chi connectivity index (χ1) is 9.97. The van der Waals surface area contributed by atoms with Crippen LogP contribution in [0, 0.1) is 5.82 Å². The number of aryl methyl sites for hydroxylation is 1. The zero-order chi connectivity index (χ0) is 15.4. The van der Waals surface area contributed by atoms with Gasteiger partial charge in [0.25, 0.3) is 5.91 Å². The number of amides is 1. The molecule has 2 rings (SSSR count). The minimum Gasteiger partial charge on any atom is -0.481 e. The zero-order valence-electron chi connectivity index (χ0n) is 11.3. The fourth-order valence-electron chi connectivity index (χ4n) is 1.95. The minimum atomic E-state index is -1.06. The Morgan fingerprint density at radius 1 is 1.33 bits per heavy atom. The van der Waals surface area contributed by atoms with Gasteiger partial charge in [-0.05, 0) is 23.8 Å². The minimum absolute atomic E-state index is 0.296. The highest BCUT2D eigenvalue weighted by molar-refractivity contribution is 5.93. The fraction of sp³-hybridized carbons (Fsp3) is 0.214. The largest absolute Gasteiger partial charge is 0.481 e. The summed E-state index contributed by atoms with van der Waals surface area (Å²) in [4.78, 5) is 23.1. The van der Waals surface area contributed by atoms with Crippen LogP contribution < -0.4 is 5.32 Å². The van der Waals surface area contributed by atoms with Crippen molar-refractivity contribution in [2.75, 3.05) is 0 Å². The molecule has 1 atom stereocenters. The Kier molecular flexibility index (Phi) is 4.32. The van der Waals surface area contributed by atoms with Crippen LogP contribution in [0.4, 0.5) is 4.39 Å². The van der Waals surface area contributed by atoms with E-state index in [1.807, 2.05) is 0 Å². The molecule has 7 heteroatoms. The van der Waals surface area contributed by atoms with Crippen LogP contribution in [0.2, 0.25) is 0 Å². The van der Waals surface area contributed by atoms with Gasteiger partial charge in [0, 0.05) is 13.2 Å². The molecule has 0 saturated carbocycles. The summed E-state index contributed by atoms with van der Waals surface area (Å²) in [6.45, 7) is 0. The highest BCUT2D eigenvalue weighted by atomic mass is 19.1. The molecule has 1 amide bonds. The van der Waals surface area contributed by atoms with Crippen LogP contribution in [-0.4, -0.2) is 26.8 Å². The molecule has 0 aliphatic rings. The number of hydrogen-bond donors (Lipinski definition) is 2. The smallest absolute Gasteiger partial charge is 0.305 e. The predicted octanol–water partition coefficient (Wildman–Crippen LogP) is 1.51. The summed E-state index contributed by atoms with van der Waals surface area (Å²) in [5.41, 5.74) is 0.835. The fourth-order valence-corrected chi connectivity index (χ4v) is 1.95. The molecule has 0 aliphatic carbocycles. The van der Waals surface area contributed by atoms with Crippen molar-refractivity contribution in [2.24, 2.45) is 7.05 Å². The molecule has 1 aromatic carbocycles. The second-order valence-corrected chi connectivity index (χ2v) is 4.52. The lowest BCUT2D eigenvalue weighted by Gasteiger charge is -2.17. The van der Waals surface area contributed by atoms with Crippen LogP contribution in [0.5, 0.6) is 0 Å². The first kappa shape index (κ1) is 14.7. The first-order valence-corrected chi connectivity index (χ1v) is 6.23. The van der Waals surface area contributed by atoms with Gasteiger partial charge in [0.05, 0.1) is 12.5 Å². The summed E-state index contributed by atoms with van der Waals surface area (Å²) >= 11 is 0. The molecule has 0 bridgehead atoms. The number of carbonyl (C=O) groups is 2. The van der Waals surface area contributed by atoms with Crippen molar-refractivity contribution in [3.8, 4) is 0 Å². The third kappa shape index (κ3) is 3.65. The lowest BCUT2D eigenvalue weighted by Crippen LogP contribution is -2.31. The summed E-state index contributed by atoms with van der Waals surface area (Å²) in [5.74, 6) is -1.93. The van der Waals surface area contributed by atoms with E-state index >= 15 is 0 Å². The number of nitrogens with zero attached hydrogens (tertiary/aromatic N) is 2. The van der Waals surface area contributed by atoms with Gasteiger partial charge in [-0.2, -0.15) is 5.10 Å². The molecule has 1 aromatic heterocycles. The topological polar surface area (TPSA) is 84.2 Å². The van der Waals surface area contributed by atoms with E-state index in [-0.39, 0.29) is 6.42 Å². The molecule has 0 spiro atoms. The third-order valence-electron chi connectivity index (χ3n) is 3.01. The maximum Gasteiger partial charge on any atom is 0.305 e. The lowest BCUT2D eigenvalue weighted by atomic mass is 10.0. The standard InChI is InChI=1S/C14H14FN3O3/c1-18-12(6-7-16-18)14(21)17-11(8-13(19)20)9-2-4-10(15)5-3-9/h2-7,11H,8H2,1H3,(H,17,21)(H,19,20)/t11-/m0/s1. The monoisotopic (exact) mass is 291 g/mol. The van der Waals surface area contributed by atoms with Crippen molar-refractivity contribution in [3.63, 3.8) is 0 Å². The maximum absolute atomic E-state index is 12.9. The van der Waals surface area contributed by atoms with E-state index in [1.165, 1.54) is 41.2 Å². The number of carboxylic acid groups (broad SMARTS) is 1. The van der Waals surface area contributed by atoms with Crippen molar-refractivity contribution in [1.82, 2.24) is 15.1 Å². The second kappa shape index (κ2) is 6.17. The summed E-state index contributed by atoms with van der Waals surface area (Å²) in [6.07, 6.45) is 1.17. The normalized spacial score (nSPS) is 11.9. The molecular weight excluding hydrogens is 277 g/mol. The quantitative estimate of drug-likeness (QED) is 0.874. The Bertz CT molecular complexity index is 652.